The van der Waals surface area contributed by atoms with Crippen LogP contribution in [0.5, 0.6) is 0 Å². The van der Waals surface area contributed by atoms with E-state index in [9.17, 15) is 19.2 Å². The Kier molecular flexibility index (Phi) is 9.22. The van der Waals surface area contributed by atoms with Crippen molar-refractivity contribution >= 4 is 40.9 Å². The largest absolute Gasteiger partial charge is 0.461 e. The highest BCUT2D eigenvalue weighted by Gasteiger charge is 2.34. The van der Waals surface area contributed by atoms with Gasteiger partial charge in [-0.3, -0.25) is 24.3 Å². The number of fused-ring (bicyclic) bond motifs is 1. The molecular formula is C32H31F2N7O6. The summed E-state index contributed by atoms with van der Waals surface area (Å²) in [4.78, 5) is 62.2. The third kappa shape index (κ3) is 7.29. The molecule has 0 saturated carbocycles. The van der Waals surface area contributed by atoms with Crippen molar-refractivity contribution in [2.24, 2.45) is 0 Å². The average molecular weight is 648 g/mol. The first-order chi connectivity index (χ1) is 22.7. The number of piperazine rings is 1. The van der Waals surface area contributed by atoms with E-state index in [0.29, 0.717) is 5.65 Å². The maximum absolute atomic E-state index is 15.3. The molecule has 6 rings (SSSR count). The number of amides is 3. The van der Waals surface area contributed by atoms with Crippen LogP contribution in [0, 0.1) is 11.6 Å². The van der Waals surface area contributed by atoms with Gasteiger partial charge < -0.3 is 29.0 Å². The second-order valence-corrected chi connectivity index (χ2v) is 11.1. The lowest BCUT2D eigenvalue weighted by atomic mass is 10.1. The molecule has 0 radical (unpaired) electrons. The molecule has 244 valence electrons. The Morgan fingerprint density at radius 3 is 2.51 bits per heavy atom. The van der Waals surface area contributed by atoms with E-state index in [1.807, 2.05) is 30.3 Å². The van der Waals surface area contributed by atoms with Crippen molar-refractivity contribution < 1.29 is 37.4 Å². The highest BCUT2D eigenvalue weighted by Crippen LogP contribution is 2.32. The van der Waals surface area contributed by atoms with Gasteiger partial charge in [0.15, 0.2) is 17.3 Å². The van der Waals surface area contributed by atoms with Gasteiger partial charge in [0.2, 0.25) is 5.91 Å². The monoisotopic (exact) mass is 647 g/mol. The number of anilines is 2. The van der Waals surface area contributed by atoms with Crippen LogP contribution < -0.4 is 15.1 Å². The van der Waals surface area contributed by atoms with E-state index in [0.717, 1.165) is 22.6 Å². The zero-order chi connectivity index (χ0) is 32.9. The summed E-state index contributed by atoms with van der Waals surface area (Å²) in [6, 6.07) is 11.3. The number of halogens is 2. The number of esters is 1. The van der Waals surface area contributed by atoms with Gasteiger partial charge in [-0.25, -0.2) is 18.6 Å². The molecule has 1 N–H and O–H groups in total. The number of hydrogen-bond acceptors (Lipinski definition) is 9. The molecule has 2 aromatic carbocycles. The van der Waals surface area contributed by atoms with Gasteiger partial charge in [0.25, 0.3) is 5.91 Å². The first-order valence-corrected chi connectivity index (χ1v) is 15.0. The van der Waals surface area contributed by atoms with Crippen LogP contribution in [0.2, 0.25) is 0 Å². The lowest BCUT2D eigenvalue weighted by molar-refractivity contribution is -0.145. The van der Waals surface area contributed by atoms with E-state index >= 15 is 8.78 Å². The summed E-state index contributed by atoms with van der Waals surface area (Å²) in [5.74, 6) is -3.03. The molecule has 2 saturated heterocycles. The first kappa shape index (κ1) is 31.4. The van der Waals surface area contributed by atoms with Crippen molar-refractivity contribution in [3.63, 3.8) is 0 Å². The number of aromatic nitrogens is 3. The van der Waals surface area contributed by atoms with Gasteiger partial charge in [-0.2, -0.15) is 0 Å². The third-order valence-corrected chi connectivity index (χ3v) is 7.95. The number of hydrogen-bond donors (Lipinski definition) is 1. The smallest absolute Gasteiger partial charge is 0.414 e. The molecular weight excluding hydrogens is 616 g/mol. The third-order valence-electron chi connectivity index (χ3n) is 7.95. The maximum atomic E-state index is 15.3. The van der Waals surface area contributed by atoms with Crippen LogP contribution in [0.4, 0.5) is 25.0 Å². The lowest BCUT2D eigenvalue weighted by Crippen LogP contribution is -2.51. The molecule has 2 aromatic heterocycles. The Bertz CT molecular complexity index is 1740. The highest BCUT2D eigenvalue weighted by molar-refractivity contribution is 5.95. The molecule has 2 fully saturated rings. The van der Waals surface area contributed by atoms with Gasteiger partial charge in [-0.15, -0.1) is 0 Å². The van der Waals surface area contributed by atoms with Crippen molar-refractivity contribution in [2.45, 2.75) is 25.6 Å². The molecule has 47 heavy (non-hydrogen) atoms. The fourth-order valence-electron chi connectivity index (χ4n) is 5.47. The lowest BCUT2D eigenvalue weighted by Gasteiger charge is -2.36. The van der Waals surface area contributed by atoms with Crippen LogP contribution in [0.3, 0.4) is 0 Å². The zero-order valence-corrected chi connectivity index (χ0v) is 25.2. The van der Waals surface area contributed by atoms with E-state index in [-0.39, 0.29) is 81.7 Å². The SMILES string of the molecule is O=C(CC[C@H]1CN(c2cc(F)c(N3CCN(C(=O)CNC(=O)c4cn5ccncc5n4)CC3)c(F)c2)C(=O)O1)OCc1ccccc1. The minimum atomic E-state index is -0.865. The van der Waals surface area contributed by atoms with Gasteiger partial charge >= 0.3 is 12.1 Å². The fraction of sp³-hybridized carbons (Fsp3) is 0.312. The van der Waals surface area contributed by atoms with Crippen LogP contribution in [0.25, 0.3) is 5.65 Å². The predicted octanol–water partition coefficient (Wildman–Crippen LogP) is 2.93. The molecule has 3 amide bonds. The maximum Gasteiger partial charge on any atom is 0.414 e. The normalized spacial score (nSPS) is 16.3. The minimum Gasteiger partial charge on any atom is -0.461 e. The molecule has 0 bridgehead atoms. The van der Waals surface area contributed by atoms with Crippen molar-refractivity contribution in [1.29, 1.82) is 0 Å². The van der Waals surface area contributed by atoms with Crippen molar-refractivity contribution in [3.05, 3.63) is 90.1 Å². The van der Waals surface area contributed by atoms with Crippen molar-refractivity contribution in [3.8, 4) is 0 Å². The summed E-state index contributed by atoms with van der Waals surface area (Å²) in [7, 11) is 0. The van der Waals surface area contributed by atoms with Crippen LogP contribution in [-0.4, -0.2) is 88.5 Å². The number of ether oxygens (including phenoxy) is 2. The van der Waals surface area contributed by atoms with Crippen LogP contribution in [-0.2, 0) is 25.7 Å². The number of carbonyl (C=O) groups is 4. The van der Waals surface area contributed by atoms with Crippen LogP contribution >= 0.6 is 0 Å². The van der Waals surface area contributed by atoms with Gasteiger partial charge in [-0.1, -0.05) is 30.3 Å². The number of cyclic esters (lactones) is 1. The van der Waals surface area contributed by atoms with Crippen LogP contribution in [0.1, 0.15) is 28.9 Å². The van der Waals surface area contributed by atoms with Gasteiger partial charge in [0.1, 0.15) is 24.1 Å². The molecule has 0 spiro atoms. The van der Waals surface area contributed by atoms with Gasteiger partial charge in [0, 0.05) is 63.3 Å². The molecule has 0 aliphatic carbocycles. The Labute approximate surface area is 267 Å². The van der Waals surface area contributed by atoms with E-state index in [1.165, 1.54) is 22.2 Å². The van der Waals surface area contributed by atoms with E-state index < -0.39 is 35.7 Å². The number of benzene rings is 2. The molecule has 4 aromatic rings. The van der Waals surface area contributed by atoms with E-state index in [2.05, 4.69) is 15.3 Å². The number of nitrogens with zero attached hydrogens (tertiary/aromatic N) is 6. The predicted molar refractivity (Wildman–Crippen MR) is 164 cm³/mol. The minimum absolute atomic E-state index is 0.00525. The molecule has 2 aliphatic rings. The van der Waals surface area contributed by atoms with Crippen molar-refractivity contribution in [2.75, 3.05) is 49.1 Å². The standard InChI is InChI=1S/C32H31F2N7O6/c33-24-14-22(41-18-23(47-32(41)45)6-7-29(43)46-20-21-4-2-1-3-5-21)15-25(34)30(24)39-12-10-38(11-13-39)28(42)17-36-31(44)26-19-40-9-8-35-16-27(40)37-26/h1-5,8-9,14-16,19,23H,6-7,10-13,17-18,20H2,(H,36,44)/t23-/m0/s1. The molecule has 4 heterocycles. The molecule has 13 nitrogen and oxygen atoms in total. The summed E-state index contributed by atoms with van der Waals surface area (Å²) in [6.07, 6.45) is 5.04. The van der Waals surface area contributed by atoms with Crippen LogP contribution in [0.15, 0.2) is 67.3 Å². The Balaban J connectivity index is 0.977. The summed E-state index contributed by atoms with van der Waals surface area (Å²) in [6.45, 7) is 0.570. The zero-order valence-electron chi connectivity index (χ0n) is 25.2. The Morgan fingerprint density at radius 1 is 1.04 bits per heavy atom. The molecule has 15 heteroatoms. The number of carbonyl (C=O) groups excluding carboxylic acids is 4. The van der Waals surface area contributed by atoms with E-state index in [4.69, 9.17) is 9.47 Å². The van der Waals surface area contributed by atoms with E-state index in [1.54, 1.807) is 16.8 Å². The summed E-state index contributed by atoms with van der Waals surface area (Å²) in [5.41, 5.74) is 1.21. The Hall–Kier alpha value is -5.60. The van der Waals surface area contributed by atoms with Crippen molar-refractivity contribution in [1.82, 2.24) is 24.6 Å². The second kappa shape index (κ2) is 13.8. The fourth-order valence-corrected chi connectivity index (χ4v) is 5.47. The molecule has 0 unspecified atom stereocenters. The number of rotatable bonds is 10. The quantitative estimate of drug-likeness (QED) is 0.258. The summed E-state index contributed by atoms with van der Waals surface area (Å²) < 4.78 is 42.8. The average Bonchev–Trinajstić information content (AvgIpc) is 3.69. The first-order valence-electron chi connectivity index (χ1n) is 15.0. The topological polar surface area (TPSA) is 139 Å². The highest BCUT2D eigenvalue weighted by atomic mass is 19.1. The number of nitrogens with one attached hydrogen (secondary N) is 1. The van der Waals surface area contributed by atoms with Gasteiger partial charge in [-0.05, 0) is 12.0 Å². The number of imidazole rings is 1. The molecule has 1 atom stereocenters. The summed E-state index contributed by atoms with van der Waals surface area (Å²) in [5, 5.41) is 2.56. The Morgan fingerprint density at radius 2 is 1.79 bits per heavy atom. The molecule has 2 aliphatic heterocycles. The van der Waals surface area contributed by atoms with Gasteiger partial charge in [0.05, 0.1) is 25.0 Å². The second-order valence-electron chi connectivity index (χ2n) is 11.1. The summed E-state index contributed by atoms with van der Waals surface area (Å²) >= 11 is 0.